The van der Waals surface area contributed by atoms with E-state index in [0.717, 1.165) is 36.4 Å². The number of rotatable bonds is 4. The highest BCUT2D eigenvalue weighted by molar-refractivity contribution is 5.85. The third-order valence-corrected chi connectivity index (χ3v) is 5.23. The lowest BCUT2D eigenvalue weighted by Gasteiger charge is -2.36. The predicted molar refractivity (Wildman–Crippen MR) is 108 cm³/mol. The third kappa shape index (κ3) is 4.63. The maximum atomic E-state index is 13.6. The minimum absolute atomic E-state index is 0. The van der Waals surface area contributed by atoms with Gasteiger partial charge in [-0.15, -0.1) is 12.4 Å². The number of amides is 1. The average molecular weight is 406 g/mol. The molecule has 0 aromatic heterocycles. The molecule has 4 rings (SSSR count). The Labute approximate surface area is 170 Å². The van der Waals surface area contributed by atoms with E-state index >= 15 is 0 Å². The molecule has 0 radical (unpaired) electrons. The van der Waals surface area contributed by atoms with Crippen LogP contribution < -0.4 is 15.4 Å². The summed E-state index contributed by atoms with van der Waals surface area (Å²) in [6.07, 6.45) is 0.762. The first-order valence-electron chi connectivity index (χ1n) is 9.42. The van der Waals surface area contributed by atoms with Crippen molar-refractivity contribution in [3.8, 4) is 5.75 Å². The molecule has 1 amide bonds. The molecule has 0 spiro atoms. The topological polar surface area (TPSA) is 53.6 Å². The van der Waals surface area contributed by atoms with Crippen LogP contribution in [0.15, 0.2) is 48.5 Å². The van der Waals surface area contributed by atoms with Crippen LogP contribution in [0.25, 0.3) is 0 Å². The fourth-order valence-corrected chi connectivity index (χ4v) is 3.89. The number of halogens is 2. The van der Waals surface area contributed by atoms with Crippen LogP contribution in [-0.4, -0.2) is 43.6 Å². The van der Waals surface area contributed by atoms with E-state index in [1.54, 1.807) is 12.1 Å². The van der Waals surface area contributed by atoms with Crippen LogP contribution >= 0.6 is 12.4 Å². The number of nitrogens with one attached hydrogen (secondary N) is 2. The summed E-state index contributed by atoms with van der Waals surface area (Å²) in [6.45, 7) is 3.17. The van der Waals surface area contributed by atoms with E-state index in [4.69, 9.17) is 4.74 Å². The summed E-state index contributed by atoms with van der Waals surface area (Å²) in [4.78, 5) is 14.9. The van der Waals surface area contributed by atoms with Gasteiger partial charge in [0.2, 0.25) is 5.91 Å². The molecule has 2 heterocycles. The Bertz CT molecular complexity index is 820. The van der Waals surface area contributed by atoms with Crippen molar-refractivity contribution in [1.29, 1.82) is 0 Å². The molecule has 28 heavy (non-hydrogen) atoms. The normalized spacial score (nSPS) is 21.8. The van der Waals surface area contributed by atoms with Crippen LogP contribution in [0.4, 0.5) is 4.39 Å². The molecule has 1 saturated heterocycles. The van der Waals surface area contributed by atoms with Gasteiger partial charge in [0.15, 0.2) is 0 Å². The summed E-state index contributed by atoms with van der Waals surface area (Å²) >= 11 is 0. The smallest absolute Gasteiger partial charge is 0.234 e. The highest BCUT2D eigenvalue weighted by Gasteiger charge is 2.28. The second-order valence-electron chi connectivity index (χ2n) is 7.04. The molecule has 5 nitrogen and oxygen atoms in total. The Hall–Kier alpha value is -2.15. The molecule has 0 aliphatic carbocycles. The quantitative estimate of drug-likeness (QED) is 0.821. The molecule has 2 aliphatic rings. The molecule has 2 unspecified atom stereocenters. The van der Waals surface area contributed by atoms with E-state index in [-0.39, 0.29) is 36.2 Å². The van der Waals surface area contributed by atoms with Crippen LogP contribution in [0.3, 0.4) is 0 Å². The number of fused-ring (bicyclic) bond motifs is 1. The van der Waals surface area contributed by atoms with E-state index < -0.39 is 0 Å². The minimum atomic E-state index is -0.249. The number of para-hydroxylation sites is 1. The average Bonchev–Trinajstić information content (AvgIpc) is 2.69. The van der Waals surface area contributed by atoms with E-state index in [2.05, 4.69) is 15.5 Å². The van der Waals surface area contributed by atoms with E-state index in [1.165, 1.54) is 6.07 Å². The van der Waals surface area contributed by atoms with Crippen molar-refractivity contribution in [2.24, 2.45) is 0 Å². The molecule has 0 saturated carbocycles. The number of nitrogens with zero attached hydrogens (tertiary/aromatic N) is 1. The predicted octanol–water partition coefficient (Wildman–Crippen LogP) is 2.83. The van der Waals surface area contributed by atoms with Crippen molar-refractivity contribution >= 4 is 18.3 Å². The Balaban J connectivity index is 0.00000225. The van der Waals surface area contributed by atoms with Crippen molar-refractivity contribution in [2.75, 3.05) is 32.8 Å². The second kappa shape index (κ2) is 9.37. The summed E-state index contributed by atoms with van der Waals surface area (Å²) < 4.78 is 19.3. The lowest BCUT2D eigenvalue weighted by atomic mass is 10.0. The van der Waals surface area contributed by atoms with Gasteiger partial charge in [-0.05, 0) is 23.8 Å². The maximum Gasteiger partial charge on any atom is 0.234 e. The van der Waals surface area contributed by atoms with Crippen LogP contribution in [0, 0.1) is 5.82 Å². The van der Waals surface area contributed by atoms with Crippen LogP contribution in [0.2, 0.25) is 0 Å². The number of carbonyl (C=O) groups excluding carboxylic acids is 1. The lowest BCUT2D eigenvalue weighted by molar-refractivity contribution is -0.124. The number of piperazine rings is 1. The molecule has 2 aromatic rings. The first-order chi connectivity index (χ1) is 13.2. The molecule has 2 N–H and O–H groups in total. The lowest BCUT2D eigenvalue weighted by Crippen LogP contribution is -2.50. The van der Waals surface area contributed by atoms with Gasteiger partial charge < -0.3 is 15.4 Å². The Morgan fingerprint density at radius 2 is 2.11 bits per heavy atom. The van der Waals surface area contributed by atoms with Crippen LogP contribution in [-0.2, 0) is 4.79 Å². The highest BCUT2D eigenvalue weighted by Crippen LogP contribution is 2.31. The molecule has 2 aliphatic heterocycles. The number of benzene rings is 2. The summed E-state index contributed by atoms with van der Waals surface area (Å²) in [5.74, 6) is 0.579. The Morgan fingerprint density at radius 1 is 1.25 bits per heavy atom. The molecule has 1 fully saturated rings. The number of carbonyl (C=O) groups is 1. The number of ether oxygens (including phenoxy) is 1. The van der Waals surface area contributed by atoms with Crippen LogP contribution in [0.5, 0.6) is 5.75 Å². The van der Waals surface area contributed by atoms with Gasteiger partial charge in [-0.3, -0.25) is 9.69 Å². The Kier molecular flexibility index (Phi) is 6.88. The monoisotopic (exact) mass is 405 g/mol. The fourth-order valence-electron chi connectivity index (χ4n) is 3.89. The zero-order valence-corrected chi connectivity index (χ0v) is 16.4. The van der Waals surface area contributed by atoms with Gasteiger partial charge in [-0.25, -0.2) is 4.39 Å². The summed E-state index contributed by atoms with van der Waals surface area (Å²) in [5.41, 5.74) is 1.92. The Morgan fingerprint density at radius 3 is 2.96 bits per heavy atom. The second-order valence-corrected chi connectivity index (χ2v) is 7.04. The van der Waals surface area contributed by atoms with Gasteiger partial charge in [0.25, 0.3) is 0 Å². The van der Waals surface area contributed by atoms with Crippen molar-refractivity contribution in [3.05, 3.63) is 65.5 Å². The summed E-state index contributed by atoms with van der Waals surface area (Å²) in [6, 6.07) is 14.4. The molecule has 150 valence electrons. The van der Waals surface area contributed by atoms with Gasteiger partial charge in [-0.1, -0.05) is 30.3 Å². The van der Waals surface area contributed by atoms with Crippen molar-refractivity contribution in [2.45, 2.75) is 18.5 Å². The SMILES string of the molecule is Cl.O=C(CN1CCNCC1c1cccc(F)c1)NC1CCOc2ccccc21. The van der Waals surface area contributed by atoms with Crippen molar-refractivity contribution in [3.63, 3.8) is 0 Å². The highest BCUT2D eigenvalue weighted by atomic mass is 35.5. The van der Waals surface area contributed by atoms with Gasteiger partial charge in [-0.2, -0.15) is 0 Å². The summed E-state index contributed by atoms with van der Waals surface area (Å²) in [7, 11) is 0. The zero-order valence-electron chi connectivity index (χ0n) is 15.6. The van der Waals surface area contributed by atoms with Crippen LogP contribution in [0.1, 0.15) is 29.6 Å². The van der Waals surface area contributed by atoms with Gasteiger partial charge in [0, 0.05) is 37.7 Å². The first-order valence-corrected chi connectivity index (χ1v) is 9.42. The van der Waals surface area contributed by atoms with E-state index in [0.29, 0.717) is 19.7 Å². The zero-order chi connectivity index (χ0) is 18.6. The van der Waals surface area contributed by atoms with Gasteiger partial charge in [0.05, 0.1) is 19.2 Å². The molecule has 2 atom stereocenters. The molecule has 7 heteroatoms. The van der Waals surface area contributed by atoms with Crippen molar-refractivity contribution in [1.82, 2.24) is 15.5 Å². The van der Waals surface area contributed by atoms with E-state index in [1.807, 2.05) is 30.3 Å². The van der Waals surface area contributed by atoms with Gasteiger partial charge in [0.1, 0.15) is 11.6 Å². The van der Waals surface area contributed by atoms with E-state index in [9.17, 15) is 9.18 Å². The fraction of sp³-hybridized carbons (Fsp3) is 0.381. The standard InChI is InChI=1S/C21H24FN3O2.ClH/c22-16-5-3-4-15(12-16)19-13-23-9-10-25(19)14-21(26)24-18-8-11-27-20-7-2-1-6-17(18)20;/h1-7,12,18-19,23H,8-11,13-14H2,(H,24,26);1H. The molecular weight excluding hydrogens is 381 g/mol. The first kappa shape index (κ1) is 20.6. The largest absolute Gasteiger partial charge is 0.493 e. The van der Waals surface area contributed by atoms with Crippen molar-refractivity contribution < 1.29 is 13.9 Å². The molecule has 0 bridgehead atoms. The molecule has 2 aromatic carbocycles. The minimum Gasteiger partial charge on any atom is -0.493 e. The summed E-state index contributed by atoms with van der Waals surface area (Å²) in [5, 5.41) is 6.49. The number of hydrogen-bond donors (Lipinski definition) is 2. The molecular formula is C21H25ClFN3O2. The van der Waals surface area contributed by atoms with Gasteiger partial charge >= 0.3 is 0 Å². The maximum absolute atomic E-state index is 13.6. The number of hydrogen-bond acceptors (Lipinski definition) is 4. The third-order valence-electron chi connectivity index (χ3n) is 5.23.